The Morgan fingerprint density at radius 3 is 2.13 bits per heavy atom. The molecule has 0 aromatic rings. The summed E-state index contributed by atoms with van der Waals surface area (Å²) in [6.07, 6.45) is 6.28. The van der Waals surface area contributed by atoms with E-state index in [9.17, 15) is 0 Å². The van der Waals surface area contributed by atoms with Gasteiger partial charge in [-0.2, -0.15) is 0 Å². The van der Waals surface area contributed by atoms with Crippen LogP contribution in [0.25, 0.3) is 0 Å². The summed E-state index contributed by atoms with van der Waals surface area (Å²) >= 11 is 0. The fourth-order valence-electron chi connectivity index (χ4n) is 2.00. The fraction of sp³-hybridized carbons (Fsp3) is 1.00. The van der Waals surface area contributed by atoms with Crippen LogP contribution in [0.5, 0.6) is 0 Å². The van der Waals surface area contributed by atoms with Crippen molar-refractivity contribution in [2.75, 3.05) is 32.7 Å². The van der Waals surface area contributed by atoms with Gasteiger partial charge in [0.15, 0.2) is 0 Å². The van der Waals surface area contributed by atoms with Crippen LogP contribution in [0.1, 0.15) is 39.0 Å². The molecule has 90 valence electrons. The minimum absolute atomic E-state index is 0.124. The number of nitrogens with one attached hydrogen (secondary N) is 1. The highest BCUT2D eigenvalue weighted by Gasteiger charge is 2.10. The van der Waals surface area contributed by atoms with E-state index in [4.69, 9.17) is 5.11 Å². The van der Waals surface area contributed by atoms with E-state index in [0.29, 0.717) is 0 Å². The molecule has 1 unspecified atom stereocenters. The van der Waals surface area contributed by atoms with Crippen LogP contribution in [0.4, 0.5) is 0 Å². The molecule has 0 aromatic heterocycles. The zero-order chi connectivity index (χ0) is 10.9. The number of rotatable bonds is 3. The van der Waals surface area contributed by atoms with E-state index in [1.165, 1.54) is 51.9 Å². The van der Waals surface area contributed by atoms with Gasteiger partial charge in [0.2, 0.25) is 0 Å². The lowest BCUT2D eigenvalue weighted by Gasteiger charge is -2.14. The molecule has 2 N–H and O–H groups in total. The van der Waals surface area contributed by atoms with Gasteiger partial charge in [0.25, 0.3) is 0 Å². The summed E-state index contributed by atoms with van der Waals surface area (Å²) in [5.41, 5.74) is 0. The maximum atomic E-state index is 8.99. The first-order valence-electron chi connectivity index (χ1n) is 6.40. The van der Waals surface area contributed by atoms with Gasteiger partial charge in [0, 0.05) is 6.54 Å². The van der Waals surface area contributed by atoms with E-state index < -0.39 is 0 Å². The highest BCUT2D eigenvalue weighted by Crippen LogP contribution is 2.07. The number of hydrogen-bond acceptors (Lipinski definition) is 3. The molecule has 2 fully saturated rings. The summed E-state index contributed by atoms with van der Waals surface area (Å²) in [6, 6.07) is 0. The first kappa shape index (κ1) is 12.9. The molecule has 0 radical (unpaired) electrons. The molecule has 2 rings (SSSR count). The van der Waals surface area contributed by atoms with Crippen LogP contribution in [0, 0.1) is 0 Å². The predicted octanol–water partition coefficient (Wildman–Crippen LogP) is 1.22. The third-order valence-electron chi connectivity index (χ3n) is 3.02. The van der Waals surface area contributed by atoms with Gasteiger partial charge in [-0.15, -0.1) is 0 Å². The molecule has 0 bridgehead atoms. The molecule has 0 spiro atoms. The summed E-state index contributed by atoms with van der Waals surface area (Å²) in [4.78, 5) is 2.42. The van der Waals surface area contributed by atoms with Crippen LogP contribution in [0.15, 0.2) is 0 Å². The van der Waals surface area contributed by atoms with Crippen molar-refractivity contribution in [3.8, 4) is 0 Å². The maximum absolute atomic E-state index is 8.99. The molecule has 2 heterocycles. The van der Waals surface area contributed by atoms with Crippen molar-refractivity contribution < 1.29 is 5.11 Å². The van der Waals surface area contributed by atoms with Gasteiger partial charge >= 0.3 is 0 Å². The first-order chi connectivity index (χ1) is 7.29. The van der Waals surface area contributed by atoms with Crippen molar-refractivity contribution in [2.45, 2.75) is 45.1 Å². The van der Waals surface area contributed by atoms with Gasteiger partial charge in [0.05, 0.1) is 6.10 Å². The van der Waals surface area contributed by atoms with Gasteiger partial charge < -0.3 is 15.3 Å². The maximum Gasteiger partial charge on any atom is 0.0524 e. The Hall–Kier alpha value is -0.120. The number of hydrogen-bond donors (Lipinski definition) is 2. The van der Waals surface area contributed by atoms with Gasteiger partial charge in [-0.05, 0) is 65.2 Å². The van der Waals surface area contributed by atoms with Crippen LogP contribution in [-0.4, -0.2) is 48.8 Å². The molecule has 15 heavy (non-hydrogen) atoms. The van der Waals surface area contributed by atoms with Crippen molar-refractivity contribution in [1.29, 1.82) is 0 Å². The second kappa shape index (κ2) is 8.08. The topological polar surface area (TPSA) is 35.5 Å². The Balaban J connectivity index is 0.000000187. The summed E-state index contributed by atoms with van der Waals surface area (Å²) in [7, 11) is 0. The Labute approximate surface area is 93.9 Å². The molecular formula is C12H26N2O. The Bertz CT molecular complexity index is 133. The average molecular weight is 214 g/mol. The smallest absolute Gasteiger partial charge is 0.0524 e. The number of aliphatic hydroxyl groups excluding tert-OH is 1. The zero-order valence-corrected chi connectivity index (χ0v) is 10.0. The summed E-state index contributed by atoms with van der Waals surface area (Å²) in [6.45, 7) is 7.92. The second-order valence-electron chi connectivity index (χ2n) is 4.64. The third kappa shape index (κ3) is 6.88. The van der Waals surface area contributed by atoms with Crippen molar-refractivity contribution >= 4 is 0 Å². The number of likely N-dealkylation sites (tertiary alicyclic amines) is 1. The molecule has 2 aliphatic rings. The van der Waals surface area contributed by atoms with Crippen molar-refractivity contribution in [3.05, 3.63) is 0 Å². The van der Waals surface area contributed by atoms with E-state index in [0.717, 1.165) is 13.0 Å². The lowest BCUT2D eigenvalue weighted by Crippen LogP contribution is -2.23. The quantitative estimate of drug-likeness (QED) is 0.741. The lowest BCUT2D eigenvalue weighted by molar-refractivity contribution is 0.164. The van der Waals surface area contributed by atoms with Crippen molar-refractivity contribution in [2.24, 2.45) is 0 Å². The van der Waals surface area contributed by atoms with Gasteiger partial charge in [-0.1, -0.05) is 0 Å². The molecule has 0 aromatic carbocycles. The molecular weight excluding hydrogens is 188 g/mol. The third-order valence-corrected chi connectivity index (χ3v) is 3.02. The van der Waals surface area contributed by atoms with Crippen molar-refractivity contribution in [1.82, 2.24) is 10.2 Å². The van der Waals surface area contributed by atoms with Crippen LogP contribution >= 0.6 is 0 Å². The SMILES string of the molecule is C1CCNC1.CC(O)CCN1CCCC1. The fourth-order valence-corrected chi connectivity index (χ4v) is 2.00. The zero-order valence-electron chi connectivity index (χ0n) is 10.0. The highest BCUT2D eigenvalue weighted by atomic mass is 16.3. The van der Waals surface area contributed by atoms with Crippen LogP contribution < -0.4 is 5.32 Å². The number of nitrogens with zero attached hydrogens (tertiary/aromatic N) is 1. The van der Waals surface area contributed by atoms with Crippen LogP contribution in [-0.2, 0) is 0 Å². The standard InChI is InChI=1S/C8H17NO.C4H9N/c1-8(10)4-7-9-5-2-3-6-9;1-2-4-5-3-1/h8,10H,2-7H2,1H3;5H,1-4H2. The summed E-state index contributed by atoms with van der Waals surface area (Å²) in [5, 5.41) is 12.2. The van der Waals surface area contributed by atoms with Gasteiger partial charge in [0.1, 0.15) is 0 Å². The van der Waals surface area contributed by atoms with E-state index in [1.54, 1.807) is 0 Å². The summed E-state index contributed by atoms with van der Waals surface area (Å²) in [5.74, 6) is 0. The minimum atomic E-state index is -0.124. The predicted molar refractivity (Wildman–Crippen MR) is 64.1 cm³/mol. The molecule has 2 aliphatic heterocycles. The summed E-state index contributed by atoms with van der Waals surface area (Å²) < 4.78 is 0. The molecule has 0 saturated carbocycles. The molecule has 2 saturated heterocycles. The molecule has 0 aliphatic carbocycles. The van der Waals surface area contributed by atoms with E-state index in [-0.39, 0.29) is 6.10 Å². The molecule has 3 heteroatoms. The van der Waals surface area contributed by atoms with Crippen LogP contribution in [0.3, 0.4) is 0 Å². The second-order valence-corrected chi connectivity index (χ2v) is 4.64. The molecule has 0 amide bonds. The van der Waals surface area contributed by atoms with E-state index in [1.807, 2.05) is 6.92 Å². The van der Waals surface area contributed by atoms with Gasteiger partial charge in [-0.3, -0.25) is 0 Å². The Kier molecular flexibility index (Phi) is 6.98. The molecule has 3 nitrogen and oxygen atoms in total. The van der Waals surface area contributed by atoms with Gasteiger partial charge in [-0.25, -0.2) is 0 Å². The lowest BCUT2D eigenvalue weighted by atomic mass is 10.3. The Morgan fingerprint density at radius 2 is 1.73 bits per heavy atom. The Morgan fingerprint density at radius 1 is 1.13 bits per heavy atom. The first-order valence-corrected chi connectivity index (χ1v) is 6.40. The van der Waals surface area contributed by atoms with E-state index in [2.05, 4.69) is 10.2 Å². The average Bonchev–Trinajstić information content (AvgIpc) is 2.91. The van der Waals surface area contributed by atoms with Crippen LogP contribution in [0.2, 0.25) is 0 Å². The molecule has 1 atom stereocenters. The normalized spacial score (nSPS) is 23.6. The minimum Gasteiger partial charge on any atom is -0.393 e. The van der Waals surface area contributed by atoms with Crippen molar-refractivity contribution in [3.63, 3.8) is 0 Å². The largest absolute Gasteiger partial charge is 0.393 e. The monoisotopic (exact) mass is 214 g/mol. The van der Waals surface area contributed by atoms with E-state index >= 15 is 0 Å². The highest BCUT2D eigenvalue weighted by molar-refractivity contribution is 4.66. The number of aliphatic hydroxyl groups is 1.